The first kappa shape index (κ1) is 22.2. The number of rotatable bonds is 9. The molecule has 0 bridgehead atoms. The Morgan fingerprint density at radius 2 is 2.00 bits per heavy atom. The predicted octanol–water partition coefficient (Wildman–Crippen LogP) is 4.02. The molecule has 0 aliphatic rings. The number of amides is 1. The van der Waals surface area contributed by atoms with E-state index in [1.165, 1.54) is 0 Å². The van der Waals surface area contributed by atoms with Crippen molar-refractivity contribution in [3.05, 3.63) is 102 Å². The van der Waals surface area contributed by atoms with Crippen LogP contribution in [0.25, 0.3) is 17.3 Å². The molecule has 0 aliphatic heterocycles. The second-order valence-electron chi connectivity index (χ2n) is 7.93. The Balaban J connectivity index is 1.50. The summed E-state index contributed by atoms with van der Waals surface area (Å²) in [6.07, 6.45) is 10.4. The Labute approximate surface area is 193 Å². The first-order valence-corrected chi connectivity index (χ1v) is 10.8. The number of hydrogen-bond donors (Lipinski definition) is 1. The molecule has 1 N–H and O–H groups in total. The molecule has 7 nitrogen and oxygen atoms in total. The van der Waals surface area contributed by atoms with Gasteiger partial charge in [0.05, 0.1) is 18.8 Å². The van der Waals surface area contributed by atoms with Crippen molar-refractivity contribution < 1.29 is 9.21 Å². The number of benzene rings is 1. The normalized spacial score (nSPS) is 12.3. The summed E-state index contributed by atoms with van der Waals surface area (Å²) < 4.78 is 7.39. The number of nitrogens with zero attached hydrogens (tertiary/aromatic N) is 4. The van der Waals surface area contributed by atoms with Gasteiger partial charge in [0.25, 0.3) is 0 Å². The summed E-state index contributed by atoms with van der Waals surface area (Å²) in [5.41, 5.74) is 3.68. The van der Waals surface area contributed by atoms with Gasteiger partial charge in [0.2, 0.25) is 5.91 Å². The Hall–Kier alpha value is -3.97. The van der Waals surface area contributed by atoms with E-state index in [1.54, 1.807) is 30.8 Å². The second kappa shape index (κ2) is 10.6. The van der Waals surface area contributed by atoms with Gasteiger partial charge < -0.3 is 9.73 Å². The first-order chi connectivity index (χ1) is 16.1. The fourth-order valence-corrected chi connectivity index (χ4v) is 3.58. The molecule has 4 rings (SSSR count). The van der Waals surface area contributed by atoms with Crippen molar-refractivity contribution in [3.8, 4) is 11.3 Å². The van der Waals surface area contributed by atoms with Crippen molar-refractivity contribution in [1.82, 2.24) is 25.0 Å². The highest BCUT2D eigenvalue weighted by Gasteiger charge is 2.17. The summed E-state index contributed by atoms with van der Waals surface area (Å²) in [7, 11) is 3.91. The van der Waals surface area contributed by atoms with Crippen LogP contribution in [0.2, 0.25) is 0 Å². The van der Waals surface area contributed by atoms with Gasteiger partial charge >= 0.3 is 0 Å². The molecule has 33 heavy (non-hydrogen) atoms. The standard InChI is InChI=1S/C26H27N5O2/c1-30(2)23(24-11-7-15-33-24)17-28-25(32)13-12-22-19-31(18-20-8-4-3-5-9-20)29-26(22)21-10-6-14-27-16-21/h3-16,19,23H,17-18H2,1-2H3,(H,28,32). The molecule has 0 saturated carbocycles. The molecule has 4 aromatic rings. The van der Waals surface area contributed by atoms with E-state index in [2.05, 4.69) is 22.4 Å². The van der Waals surface area contributed by atoms with Crippen molar-refractivity contribution in [2.75, 3.05) is 20.6 Å². The van der Waals surface area contributed by atoms with E-state index >= 15 is 0 Å². The maximum Gasteiger partial charge on any atom is 0.244 e. The Kier molecular flexibility index (Phi) is 7.12. The van der Waals surface area contributed by atoms with E-state index in [4.69, 9.17) is 9.52 Å². The van der Waals surface area contributed by atoms with Crippen molar-refractivity contribution in [2.45, 2.75) is 12.6 Å². The van der Waals surface area contributed by atoms with Crippen LogP contribution in [0, 0.1) is 0 Å². The van der Waals surface area contributed by atoms with E-state index in [-0.39, 0.29) is 11.9 Å². The molecular formula is C26H27N5O2. The summed E-state index contributed by atoms with van der Waals surface area (Å²) in [5, 5.41) is 7.72. The minimum Gasteiger partial charge on any atom is -0.468 e. The lowest BCUT2D eigenvalue weighted by Crippen LogP contribution is -2.33. The summed E-state index contributed by atoms with van der Waals surface area (Å²) in [5.74, 6) is 0.631. The maximum atomic E-state index is 12.6. The topological polar surface area (TPSA) is 76.2 Å². The lowest BCUT2D eigenvalue weighted by Gasteiger charge is -2.22. The summed E-state index contributed by atoms with van der Waals surface area (Å²) in [6, 6.07) is 17.7. The van der Waals surface area contributed by atoms with E-state index in [9.17, 15) is 4.79 Å². The molecule has 1 amide bonds. The minimum atomic E-state index is -0.179. The Morgan fingerprint density at radius 1 is 1.15 bits per heavy atom. The van der Waals surface area contributed by atoms with Gasteiger partial charge in [-0.05, 0) is 50.0 Å². The molecule has 1 aromatic carbocycles. The number of pyridine rings is 1. The highest BCUT2D eigenvalue weighted by Crippen LogP contribution is 2.23. The molecule has 3 aromatic heterocycles. The molecule has 7 heteroatoms. The number of aromatic nitrogens is 3. The van der Waals surface area contributed by atoms with Gasteiger partial charge in [-0.2, -0.15) is 5.10 Å². The predicted molar refractivity (Wildman–Crippen MR) is 128 cm³/mol. The first-order valence-electron chi connectivity index (χ1n) is 10.8. The maximum absolute atomic E-state index is 12.6. The number of carbonyl (C=O) groups excluding carboxylic acids is 1. The molecule has 0 saturated heterocycles. The van der Waals surface area contributed by atoms with Crippen molar-refractivity contribution in [3.63, 3.8) is 0 Å². The summed E-state index contributed by atoms with van der Waals surface area (Å²) in [4.78, 5) is 18.8. The smallest absolute Gasteiger partial charge is 0.244 e. The van der Waals surface area contributed by atoms with Crippen LogP contribution in [-0.2, 0) is 11.3 Å². The highest BCUT2D eigenvalue weighted by molar-refractivity contribution is 5.92. The molecule has 0 fully saturated rings. The van der Waals surface area contributed by atoms with Crippen LogP contribution in [0.3, 0.4) is 0 Å². The van der Waals surface area contributed by atoms with E-state index in [0.29, 0.717) is 13.1 Å². The number of furan rings is 1. The number of hydrogen-bond acceptors (Lipinski definition) is 5. The van der Waals surface area contributed by atoms with Crippen molar-refractivity contribution in [1.29, 1.82) is 0 Å². The molecule has 168 valence electrons. The van der Waals surface area contributed by atoms with Gasteiger partial charge in [0.15, 0.2) is 0 Å². The van der Waals surface area contributed by atoms with Gasteiger partial charge in [-0.3, -0.25) is 19.4 Å². The summed E-state index contributed by atoms with van der Waals surface area (Å²) >= 11 is 0. The van der Waals surface area contributed by atoms with E-state index in [0.717, 1.165) is 28.1 Å². The van der Waals surface area contributed by atoms with Crippen molar-refractivity contribution >= 4 is 12.0 Å². The van der Waals surface area contributed by atoms with Crippen LogP contribution in [0.15, 0.2) is 89.9 Å². The zero-order valence-corrected chi connectivity index (χ0v) is 18.8. The average molecular weight is 442 g/mol. The third kappa shape index (κ3) is 5.84. The van der Waals surface area contributed by atoms with Crippen LogP contribution < -0.4 is 5.32 Å². The summed E-state index contributed by atoms with van der Waals surface area (Å²) in [6.45, 7) is 1.08. The third-order valence-corrected chi connectivity index (χ3v) is 5.29. The number of nitrogens with one attached hydrogen (secondary N) is 1. The SMILES string of the molecule is CN(C)C(CNC(=O)C=Cc1cn(Cc2ccccc2)nc1-c1cccnc1)c1ccco1. The lowest BCUT2D eigenvalue weighted by atomic mass is 10.1. The molecular weight excluding hydrogens is 414 g/mol. The number of carbonyl (C=O) groups is 1. The molecule has 0 radical (unpaired) electrons. The van der Waals surface area contributed by atoms with Crippen LogP contribution in [0.5, 0.6) is 0 Å². The zero-order valence-electron chi connectivity index (χ0n) is 18.8. The fraction of sp³-hybridized carbons (Fsp3) is 0.192. The number of likely N-dealkylation sites (N-methyl/N-ethyl adjacent to an activating group) is 1. The van der Waals surface area contributed by atoms with Crippen LogP contribution in [0.4, 0.5) is 0 Å². The van der Waals surface area contributed by atoms with Crippen LogP contribution in [0.1, 0.15) is 22.9 Å². The monoisotopic (exact) mass is 441 g/mol. The zero-order chi connectivity index (χ0) is 23.0. The van der Waals surface area contributed by atoms with Crippen LogP contribution in [-0.4, -0.2) is 46.2 Å². The highest BCUT2D eigenvalue weighted by atomic mass is 16.3. The van der Waals surface area contributed by atoms with E-state index < -0.39 is 0 Å². The average Bonchev–Trinajstić information content (AvgIpc) is 3.49. The molecule has 0 spiro atoms. The third-order valence-electron chi connectivity index (χ3n) is 5.29. The van der Waals surface area contributed by atoms with Crippen LogP contribution >= 0.6 is 0 Å². The van der Waals surface area contributed by atoms with Gasteiger partial charge in [0.1, 0.15) is 11.5 Å². The van der Waals surface area contributed by atoms with Gasteiger partial charge in [0, 0.05) is 42.3 Å². The molecule has 1 atom stereocenters. The Bertz CT molecular complexity index is 1180. The largest absolute Gasteiger partial charge is 0.468 e. The molecule has 3 heterocycles. The van der Waals surface area contributed by atoms with Crippen molar-refractivity contribution in [2.24, 2.45) is 0 Å². The molecule has 1 unspecified atom stereocenters. The molecule has 0 aliphatic carbocycles. The second-order valence-corrected chi connectivity index (χ2v) is 7.93. The van der Waals surface area contributed by atoms with E-state index in [1.807, 2.05) is 72.3 Å². The van der Waals surface area contributed by atoms with Gasteiger partial charge in [-0.1, -0.05) is 30.3 Å². The van der Waals surface area contributed by atoms with Gasteiger partial charge in [-0.25, -0.2) is 0 Å². The van der Waals surface area contributed by atoms with Gasteiger partial charge in [-0.15, -0.1) is 0 Å². The minimum absolute atomic E-state index is 0.0445. The fourth-order valence-electron chi connectivity index (χ4n) is 3.58. The Morgan fingerprint density at radius 3 is 2.70 bits per heavy atom. The lowest BCUT2D eigenvalue weighted by molar-refractivity contribution is -0.116. The quantitative estimate of drug-likeness (QED) is 0.397.